The fourth-order valence-corrected chi connectivity index (χ4v) is 7.80. The van der Waals surface area contributed by atoms with E-state index in [0.717, 1.165) is 49.1 Å². The molecule has 4 aromatic carbocycles. The van der Waals surface area contributed by atoms with Gasteiger partial charge in [0.25, 0.3) is 5.91 Å². The topological polar surface area (TPSA) is 363 Å². The minimum absolute atomic E-state index is 0.0187. The second kappa shape index (κ2) is 43.4. The van der Waals surface area contributed by atoms with Gasteiger partial charge in [-0.25, -0.2) is 36.7 Å². The molecule has 0 bridgehead atoms. The van der Waals surface area contributed by atoms with E-state index >= 15 is 0 Å². The van der Waals surface area contributed by atoms with E-state index in [4.69, 9.17) is 64.0 Å². The molecule has 4 rings (SSSR count). The van der Waals surface area contributed by atoms with E-state index in [9.17, 15) is 60.3 Å². The van der Waals surface area contributed by atoms with Crippen LogP contribution in [0.1, 0.15) is 101 Å². The molecule has 0 saturated carbocycles. The molecule has 0 radical (unpaired) electrons. The molecular formula is C56H77Cl3N6O19S2. The number of hydrogen-bond acceptors (Lipinski definition) is 20. The van der Waals surface area contributed by atoms with E-state index in [1.807, 2.05) is 27.7 Å². The van der Waals surface area contributed by atoms with Crippen molar-refractivity contribution < 1.29 is 88.7 Å². The van der Waals surface area contributed by atoms with Crippen LogP contribution in [0.25, 0.3) is 0 Å². The van der Waals surface area contributed by atoms with Crippen molar-refractivity contribution >= 4 is 113 Å². The van der Waals surface area contributed by atoms with Crippen molar-refractivity contribution in [2.45, 2.75) is 89.9 Å². The number of carboxylic acid groups (broad SMARTS) is 1. The van der Waals surface area contributed by atoms with E-state index in [0.29, 0.717) is 44.2 Å². The van der Waals surface area contributed by atoms with Gasteiger partial charge >= 0.3 is 29.8 Å². The number of carboxylic acids is 1. The molecule has 0 unspecified atom stereocenters. The van der Waals surface area contributed by atoms with Gasteiger partial charge in [-0.15, -0.1) is 23.2 Å². The van der Waals surface area contributed by atoms with Crippen molar-refractivity contribution in [3.05, 3.63) is 96.1 Å². The zero-order valence-corrected chi connectivity index (χ0v) is 53.1. The highest BCUT2D eigenvalue weighted by molar-refractivity contribution is 7.89. The second-order valence-corrected chi connectivity index (χ2v) is 21.4. The van der Waals surface area contributed by atoms with Gasteiger partial charge in [-0.2, -0.15) is 0 Å². The van der Waals surface area contributed by atoms with Gasteiger partial charge in [0.15, 0.2) is 18.1 Å². The first-order valence-corrected chi connectivity index (χ1v) is 31.1. The molecule has 0 aliphatic carbocycles. The third-order valence-corrected chi connectivity index (χ3v) is 12.9. The summed E-state index contributed by atoms with van der Waals surface area (Å²) in [6.07, 6.45) is 4.81. The number of halogens is 3. The van der Waals surface area contributed by atoms with Crippen LogP contribution in [0.5, 0.6) is 23.0 Å². The zero-order chi connectivity index (χ0) is 65.4. The molecule has 0 atom stereocenters. The molecular weight excluding hydrogens is 1230 g/mol. The van der Waals surface area contributed by atoms with Crippen molar-refractivity contribution in [2.75, 3.05) is 89.1 Å². The van der Waals surface area contributed by atoms with E-state index in [1.165, 1.54) is 31.1 Å². The van der Waals surface area contributed by atoms with Gasteiger partial charge in [0.2, 0.25) is 31.2 Å². The number of unbranched alkanes of at least 4 members (excludes halogenated alkanes) is 2. The largest absolute Gasteiger partial charge is 0.478 e. The molecule has 25 nitrogen and oxygen atoms in total. The van der Waals surface area contributed by atoms with Crippen LogP contribution in [0.4, 0.5) is 11.4 Å². The average molecular weight is 1310 g/mol. The van der Waals surface area contributed by atoms with Crippen LogP contribution in [0.15, 0.2) is 94.7 Å². The van der Waals surface area contributed by atoms with Crippen molar-refractivity contribution in [1.82, 2.24) is 9.80 Å². The average Bonchev–Trinajstić information content (AvgIpc) is 1.06. The number of carbonyl (C=O) groups excluding carboxylic acids is 7. The van der Waals surface area contributed by atoms with Crippen LogP contribution < -0.4 is 30.4 Å². The third-order valence-electron chi connectivity index (χ3n) is 10.3. The Morgan fingerprint density at radius 3 is 1.28 bits per heavy atom. The number of benzene rings is 4. The molecule has 0 aromatic heterocycles. The second-order valence-electron chi connectivity index (χ2n) is 17.4. The van der Waals surface area contributed by atoms with E-state index in [-0.39, 0.29) is 82.2 Å². The summed E-state index contributed by atoms with van der Waals surface area (Å²) in [5.41, 5.74) is 0.139. The Labute approximate surface area is 517 Å². The van der Waals surface area contributed by atoms with Crippen LogP contribution in [0, 0.1) is 0 Å². The summed E-state index contributed by atoms with van der Waals surface area (Å²) in [6.45, 7) is 12.1. The number of ether oxygens (including phenoxy) is 6. The maximum atomic E-state index is 12.7. The lowest BCUT2D eigenvalue weighted by atomic mass is 10.1. The van der Waals surface area contributed by atoms with Crippen LogP contribution >= 0.6 is 34.8 Å². The first-order chi connectivity index (χ1) is 40.6. The summed E-state index contributed by atoms with van der Waals surface area (Å²) in [6, 6.07) is 21.8. The Morgan fingerprint density at radius 2 is 0.930 bits per heavy atom. The monoisotopic (exact) mass is 1310 g/mol. The maximum Gasteiger partial charge on any atom is 0.338 e. The lowest BCUT2D eigenvalue weighted by Crippen LogP contribution is -2.36. The molecule has 478 valence electrons. The number of aromatic carboxylic acids is 1. The summed E-state index contributed by atoms with van der Waals surface area (Å²) in [4.78, 5) is 90.8. The van der Waals surface area contributed by atoms with Gasteiger partial charge in [-0.05, 0) is 100 Å². The summed E-state index contributed by atoms with van der Waals surface area (Å²) < 4.78 is 79.5. The lowest BCUT2D eigenvalue weighted by Gasteiger charge is -2.18. The minimum atomic E-state index is -4.33. The Bertz CT molecular complexity index is 3010. The van der Waals surface area contributed by atoms with Crippen LogP contribution in [-0.2, 0) is 67.8 Å². The number of para-hydroxylation sites is 2. The highest BCUT2D eigenvalue weighted by Gasteiger charge is 2.26. The van der Waals surface area contributed by atoms with Gasteiger partial charge in [0, 0.05) is 33.6 Å². The predicted octanol–water partition coefficient (Wildman–Crippen LogP) is 8.14. The zero-order valence-electron chi connectivity index (χ0n) is 49.2. The number of rotatable bonds is 29. The van der Waals surface area contributed by atoms with Crippen LogP contribution in [0.2, 0.25) is 0 Å². The SMILES string of the molecule is CCCC(=O)OCC.CCCCNc1cc(C(=O)O)cc(S(N)(=O)=O)c1Oc1ccccc1.CCCCNc1cc(C(=O)OCC(=O)N(C)CC(=O)OCC)cc(S(N)(=O)=O)c1Oc1ccccc1.CCOC(=O)CN(C)C(=O)CCl.O=C(Cl)CCl. The number of likely N-dealkylation sites (N-methyl/N-ethyl adjacent to an activating group) is 2. The highest BCUT2D eigenvalue weighted by Crippen LogP contribution is 2.39. The molecule has 2 amide bonds. The minimum Gasteiger partial charge on any atom is -0.478 e. The number of carbonyl (C=O) groups is 8. The summed E-state index contributed by atoms with van der Waals surface area (Å²) in [5, 5.41) is 25.6. The van der Waals surface area contributed by atoms with Gasteiger partial charge in [0.1, 0.15) is 40.3 Å². The Morgan fingerprint density at radius 1 is 0.547 bits per heavy atom. The Kier molecular flexibility index (Phi) is 39.7. The molecule has 7 N–H and O–H groups in total. The Hall–Kier alpha value is -7.27. The summed E-state index contributed by atoms with van der Waals surface area (Å²) in [5.74, 6) is -3.77. The van der Waals surface area contributed by atoms with Crippen LogP contribution in [0.3, 0.4) is 0 Å². The standard InChI is InChI=1S/C24H31N3O8S.C17H20N2O5S.C7H12ClNO3.C6H12O2.C2H2Cl2O/c1-4-6-12-26-19-13-17(24(30)34-16-21(28)27(3)15-22(29)33-5-2)14-20(36(25,31)32)23(19)35-18-10-8-7-9-11-18;1-2-3-9-19-14-10-12(17(20)21)11-15(25(18,22)23)16(14)24-13-7-5-4-6-8-13;1-3-12-7(11)5-9(2)6(10)4-8;1-3-5-6(7)8-4-2;3-1-2(4)5/h7-11,13-14,26H,4-6,12,15-16H2,1-3H3,(H2,25,31,32);4-8,10-11,19H,2-3,9H2,1H3,(H,20,21)(H2,18,22,23);3-5H2,1-2H3;3-5H2,1-2H3;1H2. The van der Waals surface area contributed by atoms with Gasteiger partial charge < -0.3 is 54.0 Å². The number of nitrogens with one attached hydrogen (secondary N) is 2. The normalized spacial score (nSPS) is 10.3. The van der Waals surface area contributed by atoms with E-state index < -0.39 is 66.6 Å². The number of anilines is 2. The number of esters is 4. The molecule has 0 heterocycles. The van der Waals surface area contributed by atoms with Gasteiger partial charge in [0.05, 0.1) is 48.2 Å². The van der Waals surface area contributed by atoms with Gasteiger partial charge in [-0.1, -0.05) is 70.0 Å². The maximum absolute atomic E-state index is 12.7. The van der Waals surface area contributed by atoms with Crippen molar-refractivity contribution in [2.24, 2.45) is 10.3 Å². The smallest absolute Gasteiger partial charge is 0.338 e. The first-order valence-electron chi connectivity index (χ1n) is 26.6. The molecule has 0 aliphatic rings. The first kappa shape index (κ1) is 78.7. The number of nitrogens with two attached hydrogens (primary N) is 2. The number of alkyl halides is 2. The number of hydrogen-bond donors (Lipinski definition) is 5. The Balaban J connectivity index is 0.00000124. The fourth-order valence-electron chi connectivity index (χ4n) is 6.19. The summed E-state index contributed by atoms with van der Waals surface area (Å²) in [7, 11) is -5.66. The van der Waals surface area contributed by atoms with Crippen molar-refractivity contribution in [3.63, 3.8) is 0 Å². The number of nitrogens with zero attached hydrogens (tertiary/aromatic N) is 2. The van der Waals surface area contributed by atoms with Crippen molar-refractivity contribution in [3.8, 4) is 23.0 Å². The molecule has 0 spiro atoms. The number of primary sulfonamides is 2. The molecule has 0 aliphatic heterocycles. The third kappa shape index (κ3) is 32.9. The van der Waals surface area contributed by atoms with Crippen LogP contribution in [-0.4, -0.2) is 157 Å². The molecule has 0 saturated heterocycles. The highest BCUT2D eigenvalue weighted by atomic mass is 35.5. The van der Waals surface area contributed by atoms with Crippen molar-refractivity contribution in [1.29, 1.82) is 0 Å². The van der Waals surface area contributed by atoms with E-state index in [2.05, 4.69) is 20.1 Å². The number of sulfonamides is 2. The summed E-state index contributed by atoms with van der Waals surface area (Å²) >= 11 is 14.8. The number of amides is 2. The lowest BCUT2D eigenvalue weighted by molar-refractivity contribution is -0.148. The molecule has 4 aromatic rings. The molecule has 30 heteroatoms. The van der Waals surface area contributed by atoms with E-state index in [1.54, 1.807) is 74.5 Å². The molecule has 0 fully saturated rings. The molecule has 86 heavy (non-hydrogen) atoms. The fraction of sp³-hybridized carbons (Fsp3) is 0.429. The quantitative estimate of drug-likeness (QED) is 0.0112. The predicted molar refractivity (Wildman–Crippen MR) is 325 cm³/mol. The van der Waals surface area contributed by atoms with Gasteiger partial charge in [-0.3, -0.25) is 28.8 Å².